The molecule has 0 unspecified atom stereocenters. The fourth-order valence-corrected chi connectivity index (χ4v) is 4.57. The summed E-state index contributed by atoms with van der Waals surface area (Å²) < 4.78 is 9.23. The highest BCUT2D eigenvalue weighted by molar-refractivity contribution is 14.1. The smallest absolute Gasteiger partial charge is 0.0949 e. The number of rotatable bonds is 2. The van der Waals surface area contributed by atoms with Crippen LogP contribution >= 0.6 is 22.6 Å². The predicted molar refractivity (Wildman–Crippen MR) is 156 cm³/mol. The van der Waals surface area contributed by atoms with Gasteiger partial charge in [-0.25, -0.2) is 9.97 Å². The summed E-state index contributed by atoms with van der Waals surface area (Å²) in [5.41, 5.74) is 18.7. The molecule has 4 N–H and O–H groups in total. The van der Waals surface area contributed by atoms with E-state index in [9.17, 15) is 0 Å². The number of hydrogen-bond acceptors (Lipinski definition) is 4. The van der Waals surface area contributed by atoms with Gasteiger partial charge in [0.05, 0.1) is 35.2 Å². The van der Waals surface area contributed by atoms with E-state index in [4.69, 9.17) is 12.8 Å². The molecule has 0 atom stereocenters. The normalized spacial score (nSPS) is 11.1. The van der Waals surface area contributed by atoms with E-state index in [0.717, 1.165) is 44.5 Å². The molecule has 35 heavy (non-hydrogen) atoms. The van der Waals surface area contributed by atoms with E-state index in [1.165, 1.54) is 3.57 Å². The van der Waals surface area contributed by atoms with Gasteiger partial charge in [0.25, 0.3) is 0 Å². The lowest BCUT2D eigenvalue weighted by Gasteiger charge is -2.07. The number of nitrogens with two attached hydrogens (primary N) is 2. The summed E-state index contributed by atoms with van der Waals surface area (Å²) in [6.07, 6.45) is 0. The maximum absolute atomic E-state index is 8.05. The number of nitrogen functional groups attached to an aromatic ring is 2. The zero-order valence-electron chi connectivity index (χ0n) is 19.8. The number of anilines is 2. The second-order valence-electron chi connectivity index (χ2n) is 7.99. The molecule has 4 aromatic carbocycles. The number of aromatic nitrogens is 2. The third kappa shape index (κ3) is 4.95. The van der Waals surface area contributed by atoms with Crippen molar-refractivity contribution in [3.8, 4) is 22.5 Å². The van der Waals surface area contributed by atoms with Crippen molar-refractivity contribution in [3.63, 3.8) is 0 Å². The zero-order valence-corrected chi connectivity index (χ0v) is 21.0. The van der Waals surface area contributed by atoms with Crippen molar-refractivity contribution < 1.29 is 1.37 Å². The van der Waals surface area contributed by atoms with Gasteiger partial charge in [-0.3, -0.25) is 0 Å². The van der Waals surface area contributed by atoms with Crippen molar-refractivity contribution >= 4 is 55.8 Å². The summed E-state index contributed by atoms with van der Waals surface area (Å²) >= 11 is 2.33. The lowest BCUT2D eigenvalue weighted by molar-refractivity contribution is 1.39. The fraction of sp³-hybridized carbons (Fsp3) is 0. The molecule has 170 valence electrons. The number of benzene rings is 4. The van der Waals surface area contributed by atoms with Crippen LogP contribution in [0.15, 0.2) is 115 Å². The average molecular weight is 567 g/mol. The maximum atomic E-state index is 8.05. The first kappa shape index (κ1) is 21.6. The second-order valence-corrected chi connectivity index (χ2v) is 9.16. The Balaban J connectivity index is 0.000000148. The number of fused-ring (bicyclic) bond motifs is 2. The van der Waals surface area contributed by atoms with Crippen LogP contribution in [0.25, 0.3) is 44.3 Å². The first-order chi connectivity index (χ1) is 17.5. The van der Waals surface area contributed by atoms with Crippen LogP contribution < -0.4 is 11.5 Å². The number of pyridine rings is 2. The second kappa shape index (κ2) is 10.1. The third-order valence-corrected chi connectivity index (χ3v) is 6.52. The van der Waals surface area contributed by atoms with Crippen LogP contribution in [0.3, 0.4) is 0 Å². The fourth-order valence-electron chi connectivity index (χ4n) is 3.84. The topological polar surface area (TPSA) is 77.8 Å². The zero-order chi connectivity index (χ0) is 25.1. The molecular formula is C30H23IN4. The van der Waals surface area contributed by atoms with Gasteiger partial charge in [-0.2, -0.15) is 0 Å². The highest BCUT2D eigenvalue weighted by Gasteiger charge is 2.07. The summed E-state index contributed by atoms with van der Waals surface area (Å²) in [5.74, 6) is 0. The molecule has 0 spiro atoms. The molecule has 2 heterocycles. The van der Waals surface area contributed by atoms with Crippen molar-refractivity contribution in [3.05, 3.63) is 119 Å². The first-order valence-corrected chi connectivity index (χ1v) is 12.2. The van der Waals surface area contributed by atoms with E-state index < -0.39 is 0 Å². The largest absolute Gasteiger partial charge is 0.397 e. The molecule has 6 aromatic rings. The number of hydrogen-bond donors (Lipinski definition) is 2. The lowest BCUT2D eigenvalue weighted by atomic mass is 10.1. The number of para-hydroxylation sites is 2. The van der Waals surface area contributed by atoms with Crippen LogP contribution in [0.2, 0.25) is 0 Å². The summed E-state index contributed by atoms with van der Waals surface area (Å²) in [6.45, 7) is 0. The molecule has 0 bridgehead atoms. The van der Waals surface area contributed by atoms with Gasteiger partial charge >= 0.3 is 0 Å². The average Bonchev–Trinajstić information content (AvgIpc) is 2.91. The number of halogens is 1. The van der Waals surface area contributed by atoms with Crippen molar-refractivity contribution in [2.45, 2.75) is 0 Å². The van der Waals surface area contributed by atoms with Crippen molar-refractivity contribution in [2.24, 2.45) is 0 Å². The molecule has 0 amide bonds. The van der Waals surface area contributed by atoms with Gasteiger partial charge in [0.15, 0.2) is 0 Å². The van der Waals surface area contributed by atoms with Crippen LogP contribution in [-0.2, 0) is 0 Å². The third-order valence-electron chi connectivity index (χ3n) is 5.62. The molecule has 2 aromatic heterocycles. The molecule has 6 rings (SSSR count). The summed E-state index contributed by atoms with van der Waals surface area (Å²) in [5, 5.41) is 1.89. The molecule has 0 fully saturated rings. The minimum Gasteiger partial charge on any atom is -0.397 e. The molecule has 0 radical (unpaired) electrons. The minimum absolute atomic E-state index is 0.450. The highest BCUT2D eigenvalue weighted by Crippen LogP contribution is 2.28. The van der Waals surface area contributed by atoms with Crippen molar-refractivity contribution in [1.29, 1.82) is 0 Å². The quantitative estimate of drug-likeness (QED) is 0.167. The Kier molecular flexibility index (Phi) is 6.23. The Morgan fingerprint density at radius 1 is 0.600 bits per heavy atom. The first-order valence-electron chi connectivity index (χ1n) is 11.6. The highest BCUT2D eigenvalue weighted by atomic mass is 127. The van der Waals surface area contributed by atoms with E-state index >= 15 is 0 Å². The van der Waals surface area contributed by atoms with Gasteiger partial charge in [0, 0.05) is 25.5 Å². The summed E-state index contributed by atoms with van der Waals surface area (Å²) in [7, 11) is 0. The van der Waals surface area contributed by atoms with E-state index in [1.54, 1.807) is 6.07 Å². The van der Waals surface area contributed by atoms with E-state index in [2.05, 4.69) is 56.8 Å². The Labute approximate surface area is 219 Å². The van der Waals surface area contributed by atoms with Gasteiger partial charge < -0.3 is 11.5 Å². The molecule has 0 aliphatic rings. The number of nitrogens with zero attached hydrogens (tertiary/aromatic N) is 2. The van der Waals surface area contributed by atoms with Crippen LogP contribution in [0.1, 0.15) is 1.37 Å². The molecule has 0 aliphatic heterocycles. The Morgan fingerprint density at radius 3 is 1.86 bits per heavy atom. The van der Waals surface area contributed by atoms with Crippen molar-refractivity contribution in [1.82, 2.24) is 9.97 Å². The molecular weight excluding hydrogens is 543 g/mol. The van der Waals surface area contributed by atoms with Crippen LogP contribution in [0.4, 0.5) is 11.4 Å². The molecule has 5 heteroatoms. The van der Waals surface area contributed by atoms with Crippen molar-refractivity contribution in [2.75, 3.05) is 11.5 Å². The minimum atomic E-state index is 0.450. The van der Waals surface area contributed by atoms with Gasteiger partial charge in [0.1, 0.15) is 0 Å². The Morgan fingerprint density at radius 2 is 1.17 bits per heavy atom. The van der Waals surface area contributed by atoms with E-state index in [0.29, 0.717) is 17.2 Å². The molecule has 4 nitrogen and oxygen atoms in total. The van der Waals surface area contributed by atoms with Crippen LogP contribution in [0.5, 0.6) is 0 Å². The molecule has 0 saturated heterocycles. The van der Waals surface area contributed by atoms with Gasteiger partial charge in [-0.05, 0) is 46.9 Å². The van der Waals surface area contributed by atoms with E-state index in [-0.39, 0.29) is 0 Å². The summed E-state index contributed by atoms with van der Waals surface area (Å²) in [6, 6.07) is 35.7. The van der Waals surface area contributed by atoms with Gasteiger partial charge in [0.2, 0.25) is 0 Å². The molecule has 0 saturated carbocycles. The van der Waals surface area contributed by atoms with E-state index in [1.807, 2.05) is 78.9 Å². The SMILES string of the molecule is Nc1cccc2c(I)cc(-c3ccccc3)nc12.[2H]c1cc(-c2ccccc2)nc2c(N)cccc12. The monoisotopic (exact) mass is 567 g/mol. The van der Waals surface area contributed by atoms with Gasteiger partial charge in [-0.15, -0.1) is 0 Å². The van der Waals surface area contributed by atoms with Gasteiger partial charge in [-0.1, -0.05) is 91.0 Å². The Hall–Kier alpha value is -3.97. The van der Waals surface area contributed by atoms with Crippen LogP contribution in [-0.4, -0.2) is 9.97 Å². The maximum Gasteiger partial charge on any atom is 0.0949 e. The van der Waals surface area contributed by atoms with Crippen LogP contribution in [0, 0.1) is 3.57 Å². The molecule has 0 aliphatic carbocycles. The predicted octanol–water partition coefficient (Wildman–Crippen LogP) is 7.57. The lowest BCUT2D eigenvalue weighted by Crippen LogP contribution is -1.93. The summed E-state index contributed by atoms with van der Waals surface area (Å²) in [4.78, 5) is 9.24. The Bertz CT molecular complexity index is 1550. The standard InChI is InChI=1S/C15H11IN2.C15H12N2/c16-12-9-14(10-5-2-1-3-6-10)18-15-11(12)7-4-8-13(15)17;16-13-8-4-7-12-9-10-14(17-15(12)13)11-5-2-1-3-6-11/h1-9H,17H2;1-10H,16H2/i;9D.